The lowest BCUT2D eigenvalue weighted by atomic mass is 9.81. The van der Waals surface area contributed by atoms with Crippen molar-refractivity contribution in [3.63, 3.8) is 0 Å². The van der Waals surface area contributed by atoms with Crippen molar-refractivity contribution in [2.75, 3.05) is 6.54 Å². The van der Waals surface area contributed by atoms with Crippen molar-refractivity contribution < 1.29 is 4.79 Å². The average Bonchev–Trinajstić information content (AvgIpc) is 2.62. The van der Waals surface area contributed by atoms with E-state index in [4.69, 9.17) is 5.73 Å². The van der Waals surface area contributed by atoms with Gasteiger partial charge in [0.05, 0.1) is 0 Å². The summed E-state index contributed by atoms with van der Waals surface area (Å²) in [6, 6.07) is 2.00. The Bertz CT molecular complexity index is 344. The minimum absolute atomic E-state index is 0.238. The third-order valence-corrected chi connectivity index (χ3v) is 4.56. The molecule has 1 atom stereocenters. The van der Waals surface area contributed by atoms with Gasteiger partial charge in [-0.3, -0.25) is 4.79 Å². The molecule has 1 rings (SSSR count). The molecule has 4 heteroatoms. The molecule has 0 saturated heterocycles. The molecule has 2 nitrogen and oxygen atoms in total. The Morgan fingerprint density at radius 3 is 2.73 bits per heavy atom. The number of carbonyl (C=O) groups excluding carboxylic acids is 1. The zero-order valence-corrected chi connectivity index (χ0v) is 11.5. The summed E-state index contributed by atoms with van der Waals surface area (Å²) >= 11 is 4.99. The van der Waals surface area contributed by atoms with E-state index in [1.54, 1.807) is 11.3 Å². The van der Waals surface area contributed by atoms with Crippen molar-refractivity contribution in [3.05, 3.63) is 20.8 Å². The minimum atomic E-state index is -0.365. The van der Waals surface area contributed by atoms with E-state index >= 15 is 0 Å². The second-order valence-electron chi connectivity index (χ2n) is 3.95. The van der Waals surface area contributed by atoms with Crippen LogP contribution in [0.5, 0.6) is 0 Å². The van der Waals surface area contributed by atoms with Crippen LogP contribution >= 0.6 is 27.3 Å². The highest BCUT2D eigenvalue weighted by atomic mass is 79.9. The van der Waals surface area contributed by atoms with Crippen molar-refractivity contribution in [3.8, 4) is 0 Å². The highest BCUT2D eigenvalue weighted by Gasteiger charge is 2.29. The first-order valence-electron chi connectivity index (χ1n) is 4.98. The monoisotopic (exact) mass is 289 g/mol. The SMILES string of the molecule is CCC(C)(CN)C(=O)Cc1cc(Br)cs1. The molecule has 0 aliphatic rings. The Balaban J connectivity index is 2.70. The van der Waals surface area contributed by atoms with Crippen LogP contribution in [0.2, 0.25) is 0 Å². The van der Waals surface area contributed by atoms with Gasteiger partial charge in [-0.25, -0.2) is 0 Å². The topological polar surface area (TPSA) is 43.1 Å². The number of halogens is 1. The van der Waals surface area contributed by atoms with Crippen molar-refractivity contribution in [2.45, 2.75) is 26.7 Å². The lowest BCUT2D eigenvalue weighted by Gasteiger charge is -2.24. The van der Waals surface area contributed by atoms with Crippen LogP contribution in [0.15, 0.2) is 15.9 Å². The Hall–Kier alpha value is -0.190. The van der Waals surface area contributed by atoms with Gasteiger partial charge in [-0.1, -0.05) is 13.8 Å². The van der Waals surface area contributed by atoms with Gasteiger partial charge >= 0.3 is 0 Å². The largest absolute Gasteiger partial charge is 0.329 e. The molecule has 0 saturated carbocycles. The molecule has 0 spiro atoms. The van der Waals surface area contributed by atoms with E-state index in [0.29, 0.717) is 13.0 Å². The molecule has 0 fully saturated rings. The third kappa shape index (κ3) is 3.13. The fourth-order valence-corrected chi connectivity index (χ4v) is 2.72. The predicted molar refractivity (Wildman–Crippen MR) is 68.2 cm³/mol. The third-order valence-electron chi connectivity index (χ3n) is 2.86. The average molecular weight is 290 g/mol. The van der Waals surface area contributed by atoms with Crippen LogP contribution in [-0.2, 0) is 11.2 Å². The van der Waals surface area contributed by atoms with Gasteiger partial charge in [0.1, 0.15) is 5.78 Å². The Morgan fingerprint density at radius 2 is 2.33 bits per heavy atom. The molecule has 0 aliphatic carbocycles. The second-order valence-corrected chi connectivity index (χ2v) is 5.86. The highest BCUT2D eigenvalue weighted by molar-refractivity contribution is 9.10. The number of hydrogen-bond acceptors (Lipinski definition) is 3. The minimum Gasteiger partial charge on any atom is -0.329 e. The van der Waals surface area contributed by atoms with Crippen LogP contribution in [0.4, 0.5) is 0 Å². The molecule has 1 unspecified atom stereocenters. The molecule has 2 N–H and O–H groups in total. The van der Waals surface area contributed by atoms with Gasteiger partial charge in [-0.15, -0.1) is 11.3 Å². The summed E-state index contributed by atoms with van der Waals surface area (Å²) in [6.07, 6.45) is 1.30. The van der Waals surface area contributed by atoms with Gasteiger partial charge in [-0.05, 0) is 28.4 Å². The standard InChI is InChI=1S/C11H16BrNOS/c1-3-11(2,7-13)10(14)5-9-4-8(12)6-15-9/h4,6H,3,5,7,13H2,1-2H3. The molecule has 0 amide bonds. The smallest absolute Gasteiger partial charge is 0.145 e. The summed E-state index contributed by atoms with van der Waals surface area (Å²) in [5, 5.41) is 1.99. The molecule has 84 valence electrons. The number of hydrogen-bond donors (Lipinski definition) is 1. The first kappa shape index (κ1) is 12.9. The van der Waals surface area contributed by atoms with Crippen molar-refractivity contribution in [1.29, 1.82) is 0 Å². The van der Waals surface area contributed by atoms with Gasteiger partial charge in [0.15, 0.2) is 0 Å². The van der Waals surface area contributed by atoms with Crippen LogP contribution in [0.3, 0.4) is 0 Å². The van der Waals surface area contributed by atoms with E-state index in [2.05, 4.69) is 15.9 Å². The molecular formula is C11H16BrNOS. The number of rotatable bonds is 5. The van der Waals surface area contributed by atoms with E-state index in [0.717, 1.165) is 15.8 Å². The number of nitrogens with two attached hydrogens (primary N) is 1. The molecule has 1 heterocycles. The maximum atomic E-state index is 12.0. The molecule has 0 bridgehead atoms. The second kappa shape index (κ2) is 5.23. The molecule has 0 aromatic carbocycles. The maximum Gasteiger partial charge on any atom is 0.145 e. The van der Waals surface area contributed by atoms with Gasteiger partial charge in [0.2, 0.25) is 0 Å². The quantitative estimate of drug-likeness (QED) is 0.906. The number of carbonyl (C=O) groups is 1. The van der Waals surface area contributed by atoms with E-state index in [9.17, 15) is 4.79 Å². The first-order chi connectivity index (χ1) is 7.01. The zero-order chi connectivity index (χ0) is 11.5. The Morgan fingerprint density at radius 1 is 1.67 bits per heavy atom. The summed E-state index contributed by atoms with van der Waals surface area (Å²) in [5.74, 6) is 0.238. The molecule has 1 aromatic heterocycles. The normalized spacial score (nSPS) is 14.9. The summed E-state index contributed by atoms with van der Waals surface area (Å²) < 4.78 is 1.04. The molecular weight excluding hydrogens is 274 g/mol. The molecule has 1 aromatic rings. The van der Waals surface area contributed by atoms with Crippen LogP contribution in [0.25, 0.3) is 0 Å². The fraction of sp³-hybridized carbons (Fsp3) is 0.545. The predicted octanol–water partition coefficient (Wildman–Crippen LogP) is 3.00. The van der Waals surface area contributed by atoms with E-state index in [1.807, 2.05) is 25.3 Å². The highest BCUT2D eigenvalue weighted by Crippen LogP contribution is 2.26. The summed E-state index contributed by atoms with van der Waals surface area (Å²) in [5.41, 5.74) is 5.29. The van der Waals surface area contributed by atoms with Crippen LogP contribution in [0, 0.1) is 5.41 Å². The zero-order valence-electron chi connectivity index (χ0n) is 9.05. The summed E-state index contributed by atoms with van der Waals surface area (Å²) in [7, 11) is 0. The van der Waals surface area contributed by atoms with Gasteiger partial charge < -0.3 is 5.73 Å². The van der Waals surface area contributed by atoms with Crippen molar-refractivity contribution in [1.82, 2.24) is 0 Å². The summed E-state index contributed by atoms with van der Waals surface area (Å²) in [4.78, 5) is 13.1. The van der Waals surface area contributed by atoms with Gasteiger partial charge in [0.25, 0.3) is 0 Å². The summed E-state index contributed by atoms with van der Waals surface area (Å²) in [6.45, 7) is 4.38. The fourth-order valence-electron chi connectivity index (χ4n) is 1.27. The molecule has 0 aliphatic heterocycles. The lowest BCUT2D eigenvalue weighted by Crippen LogP contribution is -2.36. The van der Waals surface area contributed by atoms with Gasteiger partial charge in [0, 0.05) is 33.1 Å². The first-order valence-corrected chi connectivity index (χ1v) is 6.65. The van der Waals surface area contributed by atoms with E-state index in [1.165, 1.54) is 0 Å². The van der Waals surface area contributed by atoms with Crippen molar-refractivity contribution >= 4 is 33.0 Å². The lowest BCUT2D eigenvalue weighted by molar-refractivity contribution is -0.126. The number of thiophene rings is 1. The van der Waals surface area contributed by atoms with E-state index < -0.39 is 0 Å². The van der Waals surface area contributed by atoms with Crippen LogP contribution < -0.4 is 5.73 Å². The van der Waals surface area contributed by atoms with E-state index in [-0.39, 0.29) is 11.2 Å². The number of ketones is 1. The molecule has 0 radical (unpaired) electrons. The van der Waals surface area contributed by atoms with Crippen LogP contribution in [0.1, 0.15) is 25.1 Å². The molecule has 15 heavy (non-hydrogen) atoms. The Labute approximate surface area is 103 Å². The Kier molecular flexibility index (Phi) is 4.49. The maximum absolute atomic E-state index is 12.0. The van der Waals surface area contributed by atoms with Gasteiger partial charge in [-0.2, -0.15) is 0 Å². The number of Topliss-reactive ketones (excluding diaryl/α,β-unsaturated/α-hetero) is 1. The van der Waals surface area contributed by atoms with Crippen molar-refractivity contribution in [2.24, 2.45) is 11.1 Å². The van der Waals surface area contributed by atoms with Crippen LogP contribution in [-0.4, -0.2) is 12.3 Å².